The second kappa shape index (κ2) is 10.9. The largest absolute Gasteiger partial charge is 0.403 e. The first-order valence-corrected chi connectivity index (χ1v) is 15.4. The van der Waals surface area contributed by atoms with Crippen LogP contribution < -0.4 is 10.4 Å². The third-order valence-corrected chi connectivity index (χ3v) is 13.0. The van der Waals surface area contributed by atoms with Gasteiger partial charge in [-0.2, -0.15) is 0 Å². The molecule has 0 radical (unpaired) electrons. The number of pyridine rings is 1. The van der Waals surface area contributed by atoms with Crippen molar-refractivity contribution in [1.29, 1.82) is 0 Å². The van der Waals surface area contributed by atoms with Gasteiger partial charge in [-0.15, -0.1) is 0 Å². The number of methoxy groups -OCH3 is 1. The summed E-state index contributed by atoms with van der Waals surface area (Å²) < 4.78 is 12.5. The molecule has 5 rings (SSSR count). The molecule has 2 unspecified atom stereocenters. The zero-order valence-electron chi connectivity index (χ0n) is 22.6. The van der Waals surface area contributed by atoms with Crippen molar-refractivity contribution in [2.75, 3.05) is 13.7 Å². The van der Waals surface area contributed by atoms with Crippen LogP contribution in [-0.4, -0.2) is 27.0 Å². The highest BCUT2D eigenvalue weighted by Crippen LogP contribution is 2.39. The molecule has 1 aromatic heterocycles. The van der Waals surface area contributed by atoms with E-state index >= 15 is 0 Å². The molecule has 1 aliphatic rings. The molecule has 0 N–H and O–H groups in total. The van der Waals surface area contributed by atoms with Crippen LogP contribution in [0.5, 0.6) is 0 Å². The molecule has 1 saturated carbocycles. The zero-order chi connectivity index (χ0) is 25.9. The fourth-order valence-corrected chi connectivity index (χ4v) is 10.7. The van der Waals surface area contributed by atoms with E-state index in [0.29, 0.717) is 18.4 Å². The Morgan fingerprint density at radius 2 is 1.51 bits per heavy atom. The molecule has 0 aliphatic heterocycles. The lowest BCUT2D eigenvalue weighted by Gasteiger charge is -2.43. The van der Waals surface area contributed by atoms with Gasteiger partial charge in [0.1, 0.15) is 0 Å². The zero-order valence-corrected chi connectivity index (χ0v) is 23.6. The number of ether oxygens (including phenoxy) is 1. The van der Waals surface area contributed by atoms with Crippen molar-refractivity contribution in [3.8, 4) is 0 Å². The molecule has 2 atom stereocenters. The van der Waals surface area contributed by atoms with Gasteiger partial charge in [0.25, 0.3) is 8.32 Å². The minimum Gasteiger partial charge on any atom is -0.403 e. The summed E-state index contributed by atoms with van der Waals surface area (Å²) in [4.78, 5) is 5.06. The Balaban J connectivity index is 1.43. The number of fused-ring (bicyclic) bond motifs is 1. The average molecular weight is 510 g/mol. The molecular formula is C33H39NO2Si. The molecule has 3 nitrogen and oxygen atoms in total. The number of hydrogen-bond donors (Lipinski definition) is 0. The first-order chi connectivity index (χ1) is 17.9. The molecule has 0 spiro atoms. The molecule has 1 aliphatic carbocycles. The Morgan fingerprint density at radius 1 is 0.838 bits per heavy atom. The van der Waals surface area contributed by atoms with Crippen LogP contribution in [0.15, 0.2) is 91.0 Å². The van der Waals surface area contributed by atoms with E-state index in [2.05, 4.69) is 112 Å². The standard InChI is InChI=1S/C33H39NO2Si/c1-33(2,3)37(29-11-7-5-8-12-29,30-13-9-6-10-14-30)36-24-26-16-19-31-28(22-26)18-20-32(34-31)27-17-15-25(21-27)23-35-4/h5-14,16,18-20,22,25,27H,15,17,21,23-24H2,1-4H3. The Bertz CT molecular complexity index is 1280. The van der Waals surface area contributed by atoms with Gasteiger partial charge in [-0.3, -0.25) is 4.98 Å². The molecular weight excluding hydrogens is 470 g/mol. The van der Waals surface area contributed by atoms with E-state index in [-0.39, 0.29) is 5.04 Å². The van der Waals surface area contributed by atoms with Crippen molar-refractivity contribution in [3.63, 3.8) is 0 Å². The summed E-state index contributed by atoms with van der Waals surface area (Å²) in [5, 5.41) is 3.76. The molecule has 37 heavy (non-hydrogen) atoms. The van der Waals surface area contributed by atoms with Crippen LogP contribution in [0.2, 0.25) is 5.04 Å². The highest BCUT2D eigenvalue weighted by atomic mass is 28.4. The van der Waals surface area contributed by atoms with Gasteiger partial charge in [0.2, 0.25) is 0 Å². The molecule has 0 bridgehead atoms. The van der Waals surface area contributed by atoms with Crippen LogP contribution in [-0.2, 0) is 15.8 Å². The normalized spacial score (nSPS) is 18.4. The quantitative estimate of drug-likeness (QED) is 0.244. The SMILES string of the molecule is COCC1CCC(c2ccc3cc(CO[Si](c4ccccc4)(c4ccccc4)C(C)(C)C)ccc3n2)C1. The maximum absolute atomic E-state index is 7.15. The topological polar surface area (TPSA) is 31.4 Å². The Kier molecular flexibility index (Phi) is 7.61. The van der Waals surface area contributed by atoms with Gasteiger partial charge in [-0.1, -0.05) is 93.6 Å². The molecule has 1 fully saturated rings. The van der Waals surface area contributed by atoms with Crippen LogP contribution in [0.25, 0.3) is 10.9 Å². The van der Waals surface area contributed by atoms with E-state index in [4.69, 9.17) is 14.1 Å². The monoisotopic (exact) mass is 509 g/mol. The van der Waals surface area contributed by atoms with E-state index in [1.54, 1.807) is 7.11 Å². The molecule has 0 amide bonds. The molecule has 4 aromatic rings. The summed E-state index contributed by atoms with van der Waals surface area (Å²) in [6.45, 7) is 8.41. The third kappa shape index (κ3) is 5.29. The van der Waals surface area contributed by atoms with Gasteiger partial charge in [0.15, 0.2) is 0 Å². The van der Waals surface area contributed by atoms with Gasteiger partial charge >= 0.3 is 0 Å². The van der Waals surface area contributed by atoms with Crippen molar-refractivity contribution < 1.29 is 9.16 Å². The van der Waals surface area contributed by atoms with Crippen LogP contribution >= 0.6 is 0 Å². The molecule has 192 valence electrons. The van der Waals surface area contributed by atoms with E-state index in [0.717, 1.165) is 12.1 Å². The van der Waals surface area contributed by atoms with Gasteiger partial charge < -0.3 is 9.16 Å². The van der Waals surface area contributed by atoms with Crippen molar-refractivity contribution in [3.05, 3.63) is 102 Å². The maximum atomic E-state index is 7.15. The molecule has 3 aromatic carbocycles. The second-order valence-corrected chi connectivity index (χ2v) is 15.9. The Morgan fingerprint density at radius 3 is 2.14 bits per heavy atom. The van der Waals surface area contributed by atoms with Crippen molar-refractivity contribution in [2.45, 2.75) is 57.6 Å². The summed E-state index contributed by atoms with van der Waals surface area (Å²) in [6, 6.07) is 32.8. The number of nitrogens with zero attached hydrogens (tertiary/aromatic N) is 1. The minimum atomic E-state index is -2.57. The fourth-order valence-electron chi connectivity index (χ4n) is 6.19. The van der Waals surface area contributed by atoms with Gasteiger partial charge in [-0.05, 0) is 64.4 Å². The van der Waals surface area contributed by atoms with Crippen LogP contribution in [0.3, 0.4) is 0 Å². The molecule has 0 saturated heterocycles. The van der Waals surface area contributed by atoms with Crippen LogP contribution in [0.1, 0.15) is 57.2 Å². The van der Waals surface area contributed by atoms with Crippen molar-refractivity contribution in [2.24, 2.45) is 5.92 Å². The van der Waals surface area contributed by atoms with Crippen LogP contribution in [0, 0.1) is 5.92 Å². The summed E-state index contributed by atoms with van der Waals surface area (Å²) in [5.74, 6) is 1.20. The number of benzene rings is 3. The number of rotatable bonds is 8. The minimum absolute atomic E-state index is 0.0367. The Hall–Kier alpha value is -2.79. The van der Waals surface area contributed by atoms with E-state index < -0.39 is 8.32 Å². The summed E-state index contributed by atoms with van der Waals surface area (Å²) >= 11 is 0. The highest BCUT2D eigenvalue weighted by Gasteiger charge is 2.50. The lowest BCUT2D eigenvalue weighted by molar-refractivity contribution is 0.154. The fraction of sp³-hybridized carbons (Fsp3) is 0.364. The third-order valence-electron chi connectivity index (χ3n) is 8.01. The highest BCUT2D eigenvalue weighted by molar-refractivity contribution is 6.99. The van der Waals surface area contributed by atoms with Gasteiger partial charge in [-0.25, -0.2) is 0 Å². The van der Waals surface area contributed by atoms with Crippen LogP contribution in [0.4, 0.5) is 0 Å². The van der Waals surface area contributed by atoms with Crippen molar-refractivity contribution in [1.82, 2.24) is 4.98 Å². The smallest absolute Gasteiger partial charge is 0.261 e. The van der Waals surface area contributed by atoms with Gasteiger partial charge in [0.05, 0.1) is 12.1 Å². The first-order valence-electron chi connectivity index (χ1n) is 13.5. The molecule has 4 heteroatoms. The molecule has 1 heterocycles. The lowest BCUT2D eigenvalue weighted by atomic mass is 10.00. The number of aromatic nitrogens is 1. The predicted molar refractivity (Wildman–Crippen MR) is 156 cm³/mol. The summed E-state index contributed by atoms with van der Waals surface area (Å²) in [5.41, 5.74) is 3.49. The van der Waals surface area contributed by atoms with E-state index in [9.17, 15) is 0 Å². The van der Waals surface area contributed by atoms with Crippen molar-refractivity contribution >= 4 is 29.6 Å². The number of hydrogen-bond acceptors (Lipinski definition) is 3. The van der Waals surface area contributed by atoms with E-state index in [1.807, 2.05) is 0 Å². The first kappa shape index (κ1) is 25.8. The summed E-state index contributed by atoms with van der Waals surface area (Å²) in [7, 11) is -0.764. The second-order valence-electron chi connectivity index (χ2n) is 11.5. The summed E-state index contributed by atoms with van der Waals surface area (Å²) in [6.07, 6.45) is 3.62. The van der Waals surface area contributed by atoms with E-state index in [1.165, 1.54) is 46.3 Å². The maximum Gasteiger partial charge on any atom is 0.261 e. The predicted octanol–water partition coefficient (Wildman–Crippen LogP) is 6.84. The Labute approximate surface area is 223 Å². The van der Waals surface area contributed by atoms with Gasteiger partial charge in [0, 0.05) is 30.7 Å². The average Bonchev–Trinajstić information content (AvgIpc) is 3.38. The lowest BCUT2D eigenvalue weighted by Crippen LogP contribution is -2.66.